The zero-order chi connectivity index (χ0) is 14.5. The highest BCUT2D eigenvalue weighted by atomic mass is 35.5. The lowest BCUT2D eigenvalue weighted by molar-refractivity contribution is -0.128. The quantitative estimate of drug-likeness (QED) is 0.867. The topological polar surface area (TPSA) is 64.9 Å². The Kier molecular flexibility index (Phi) is 5.34. The van der Waals surface area contributed by atoms with Crippen LogP contribution in [0, 0.1) is 16.7 Å². The van der Waals surface area contributed by atoms with Gasteiger partial charge in [0.15, 0.2) is 0 Å². The molecule has 0 spiro atoms. The Balaban J connectivity index is 2.59. The first-order chi connectivity index (χ1) is 8.90. The van der Waals surface area contributed by atoms with Crippen molar-refractivity contribution in [3.05, 3.63) is 34.3 Å². The van der Waals surface area contributed by atoms with Gasteiger partial charge in [0.2, 0.25) is 5.91 Å². The van der Waals surface area contributed by atoms with Crippen LogP contribution in [0.15, 0.2) is 18.2 Å². The van der Waals surface area contributed by atoms with E-state index in [1.54, 1.807) is 19.2 Å². The van der Waals surface area contributed by atoms with E-state index in [4.69, 9.17) is 16.9 Å². The molecule has 5 heteroatoms. The zero-order valence-corrected chi connectivity index (χ0v) is 12.1. The number of hydrogen-bond donors (Lipinski definition) is 2. The summed E-state index contributed by atoms with van der Waals surface area (Å²) in [5, 5.41) is 15.2. The number of rotatable bonds is 5. The van der Waals surface area contributed by atoms with Crippen molar-refractivity contribution in [1.82, 2.24) is 10.6 Å². The molecule has 1 aromatic carbocycles. The van der Waals surface area contributed by atoms with E-state index < -0.39 is 5.41 Å². The van der Waals surface area contributed by atoms with Gasteiger partial charge in [0.1, 0.15) is 0 Å². The fourth-order valence-corrected chi connectivity index (χ4v) is 1.94. The maximum Gasteiger partial charge on any atom is 0.226 e. The average Bonchev–Trinajstić information content (AvgIpc) is 2.39. The van der Waals surface area contributed by atoms with Gasteiger partial charge in [-0.2, -0.15) is 5.26 Å². The fourth-order valence-electron chi connectivity index (χ4n) is 1.69. The Hall–Kier alpha value is -1.57. The van der Waals surface area contributed by atoms with Crippen molar-refractivity contribution < 1.29 is 4.79 Å². The van der Waals surface area contributed by atoms with Gasteiger partial charge in [0, 0.05) is 25.2 Å². The van der Waals surface area contributed by atoms with Crippen molar-refractivity contribution in [3.8, 4) is 6.07 Å². The smallest absolute Gasteiger partial charge is 0.226 e. The van der Waals surface area contributed by atoms with E-state index >= 15 is 0 Å². The fraction of sp³-hybridized carbons (Fsp3) is 0.429. The molecule has 0 fully saturated rings. The summed E-state index contributed by atoms with van der Waals surface area (Å²) in [6.45, 7) is 4.85. The highest BCUT2D eigenvalue weighted by molar-refractivity contribution is 6.31. The molecule has 0 aromatic heterocycles. The molecule has 0 unspecified atom stereocenters. The summed E-state index contributed by atoms with van der Waals surface area (Å²) in [5.41, 5.74) is 0.973. The number of halogens is 1. The Bertz CT molecular complexity index is 506. The minimum atomic E-state index is -0.478. The predicted octanol–water partition coefficient (Wildman–Crippen LogP) is 2.07. The van der Waals surface area contributed by atoms with Crippen LogP contribution in [0.5, 0.6) is 0 Å². The summed E-state index contributed by atoms with van der Waals surface area (Å²) in [6, 6.07) is 7.23. The third-order valence-electron chi connectivity index (χ3n) is 2.91. The highest BCUT2D eigenvalue weighted by Crippen LogP contribution is 2.18. The van der Waals surface area contributed by atoms with E-state index in [1.165, 1.54) is 0 Å². The van der Waals surface area contributed by atoms with Gasteiger partial charge in [-0.25, -0.2) is 0 Å². The second-order valence-corrected chi connectivity index (χ2v) is 5.39. The van der Waals surface area contributed by atoms with Crippen LogP contribution in [0.25, 0.3) is 0 Å². The number of amides is 1. The molecule has 19 heavy (non-hydrogen) atoms. The van der Waals surface area contributed by atoms with Crippen molar-refractivity contribution in [3.63, 3.8) is 0 Å². The molecule has 4 nitrogen and oxygen atoms in total. The van der Waals surface area contributed by atoms with Crippen LogP contribution in [0.1, 0.15) is 25.0 Å². The summed E-state index contributed by atoms with van der Waals surface area (Å²) in [6.07, 6.45) is 0. The number of carbonyl (C=O) groups excluding carboxylic acids is 1. The molecule has 0 aliphatic heterocycles. The van der Waals surface area contributed by atoms with Crippen LogP contribution in [0.2, 0.25) is 5.02 Å². The Labute approximate surface area is 118 Å². The van der Waals surface area contributed by atoms with Gasteiger partial charge in [-0.1, -0.05) is 17.7 Å². The van der Waals surface area contributed by atoms with Gasteiger partial charge < -0.3 is 10.6 Å². The van der Waals surface area contributed by atoms with E-state index in [-0.39, 0.29) is 5.91 Å². The molecule has 1 amide bonds. The summed E-state index contributed by atoms with van der Waals surface area (Å²) in [5.74, 6) is -0.00840. The van der Waals surface area contributed by atoms with Crippen molar-refractivity contribution in [1.29, 1.82) is 5.26 Å². The normalized spacial score (nSPS) is 10.9. The van der Waals surface area contributed by atoms with E-state index in [0.29, 0.717) is 23.7 Å². The van der Waals surface area contributed by atoms with Crippen LogP contribution in [-0.4, -0.2) is 19.5 Å². The highest BCUT2D eigenvalue weighted by Gasteiger charge is 2.25. The minimum absolute atomic E-state index is 0.00840. The molecule has 1 aromatic rings. The Morgan fingerprint density at radius 3 is 2.68 bits per heavy atom. The summed E-state index contributed by atoms with van der Waals surface area (Å²) >= 11 is 6.08. The van der Waals surface area contributed by atoms with Crippen LogP contribution in [0.4, 0.5) is 0 Å². The third kappa shape index (κ3) is 4.23. The van der Waals surface area contributed by atoms with Crippen LogP contribution >= 0.6 is 11.6 Å². The van der Waals surface area contributed by atoms with E-state index in [0.717, 1.165) is 5.56 Å². The second-order valence-electron chi connectivity index (χ2n) is 4.98. The third-order valence-corrected chi connectivity index (χ3v) is 3.26. The molecule has 2 N–H and O–H groups in total. The average molecular weight is 280 g/mol. The SMILES string of the molecule is CNC(=O)C(C)(C)CNCc1ccc(C#N)cc1Cl. The molecule has 0 heterocycles. The lowest BCUT2D eigenvalue weighted by atomic mass is 9.92. The summed E-state index contributed by atoms with van der Waals surface area (Å²) in [4.78, 5) is 11.6. The van der Waals surface area contributed by atoms with Crippen molar-refractivity contribution in [2.75, 3.05) is 13.6 Å². The van der Waals surface area contributed by atoms with Gasteiger partial charge in [0.25, 0.3) is 0 Å². The number of nitriles is 1. The van der Waals surface area contributed by atoms with E-state index in [2.05, 4.69) is 10.6 Å². The van der Waals surface area contributed by atoms with Gasteiger partial charge in [0.05, 0.1) is 17.0 Å². The molecule has 102 valence electrons. The molecule has 0 aliphatic rings. The zero-order valence-electron chi connectivity index (χ0n) is 11.4. The van der Waals surface area contributed by atoms with Crippen LogP contribution in [-0.2, 0) is 11.3 Å². The molecule has 0 aliphatic carbocycles. The maximum absolute atomic E-state index is 11.6. The molecule has 0 saturated carbocycles. The van der Waals surface area contributed by atoms with Crippen molar-refractivity contribution in [2.45, 2.75) is 20.4 Å². The molecule has 1 rings (SSSR count). The van der Waals surface area contributed by atoms with Crippen molar-refractivity contribution in [2.24, 2.45) is 5.41 Å². The lowest BCUT2D eigenvalue weighted by Crippen LogP contribution is -2.41. The van der Waals surface area contributed by atoms with E-state index in [1.807, 2.05) is 26.0 Å². The molecular weight excluding hydrogens is 262 g/mol. The van der Waals surface area contributed by atoms with Crippen LogP contribution < -0.4 is 10.6 Å². The van der Waals surface area contributed by atoms with Gasteiger partial charge in [-0.05, 0) is 31.5 Å². The molecule has 0 bridgehead atoms. The Morgan fingerprint density at radius 2 is 2.16 bits per heavy atom. The molecule has 0 atom stereocenters. The number of benzene rings is 1. The number of nitrogens with one attached hydrogen (secondary N) is 2. The largest absolute Gasteiger partial charge is 0.359 e. The standard InChI is InChI=1S/C14H18ClN3O/c1-14(2,13(19)17-3)9-18-8-11-5-4-10(7-16)6-12(11)15/h4-6,18H,8-9H2,1-3H3,(H,17,19). The Morgan fingerprint density at radius 1 is 1.47 bits per heavy atom. The number of carbonyl (C=O) groups is 1. The number of hydrogen-bond acceptors (Lipinski definition) is 3. The van der Waals surface area contributed by atoms with Gasteiger partial charge in [-0.15, -0.1) is 0 Å². The first-order valence-corrected chi connectivity index (χ1v) is 6.40. The predicted molar refractivity (Wildman–Crippen MR) is 75.7 cm³/mol. The molecule has 0 saturated heterocycles. The summed E-state index contributed by atoms with van der Waals surface area (Å²) < 4.78 is 0. The van der Waals surface area contributed by atoms with Crippen LogP contribution in [0.3, 0.4) is 0 Å². The van der Waals surface area contributed by atoms with Crippen molar-refractivity contribution >= 4 is 17.5 Å². The number of nitrogens with zero attached hydrogens (tertiary/aromatic N) is 1. The first kappa shape index (κ1) is 15.5. The van der Waals surface area contributed by atoms with Gasteiger partial charge >= 0.3 is 0 Å². The molecular formula is C14H18ClN3O. The second kappa shape index (κ2) is 6.55. The van der Waals surface area contributed by atoms with E-state index in [9.17, 15) is 4.79 Å². The maximum atomic E-state index is 11.6. The lowest BCUT2D eigenvalue weighted by Gasteiger charge is -2.23. The minimum Gasteiger partial charge on any atom is -0.359 e. The molecule has 0 radical (unpaired) electrons. The summed E-state index contributed by atoms with van der Waals surface area (Å²) in [7, 11) is 1.63. The van der Waals surface area contributed by atoms with Gasteiger partial charge in [-0.3, -0.25) is 4.79 Å². The first-order valence-electron chi connectivity index (χ1n) is 6.02. The monoisotopic (exact) mass is 279 g/mol.